The number of nitrogens with zero attached hydrogens (tertiary/aromatic N) is 1. The number of carbonyl (C=O) groups is 1. The van der Waals surface area contributed by atoms with Crippen molar-refractivity contribution in [3.63, 3.8) is 0 Å². The first-order valence-electron chi connectivity index (χ1n) is 7.20. The number of likely N-dealkylation sites (N-methyl/N-ethyl adjacent to an activating group) is 1. The van der Waals surface area contributed by atoms with Crippen LogP contribution in [0.5, 0.6) is 0 Å². The van der Waals surface area contributed by atoms with E-state index in [9.17, 15) is 4.79 Å². The van der Waals surface area contributed by atoms with Crippen LogP contribution in [0.3, 0.4) is 0 Å². The van der Waals surface area contributed by atoms with Gasteiger partial charge in [0.2, 0.25) is 5.91 Å². The Morgan fingerprint density at radius 2 is 2.00 bits per heavy atom. The van der Waals surface area contributed by atoms with Gasteiger partial charge >= 0.3 is 0 Å². The smallest absolute Gasteiger partial charge is 0.236 e. The molecule has 1 aliphatic carbocycles. The number of hydrogen-bond acceptors (Lipinski definition) is 3. The van der Waals surface area contributed by atoms with Crippen LogP contribution in [-0.2, 0) is 9.53 Å². The Morgan fingerprint density at radius 1 is 1.28 bits per heavy atom. The highest BCUT2D eigenvalue weighted by atomic mass is 16.5. The largest absolute Gasteiger partial charge is 0.370 e. The molecule has 1 atom stereocenters. The molecule has 18 heavy (non-hydrogen) atoms. The van der Waals surface area contributed by atoms with Crippen LogP contribution >= 0.6 is 0 Å². The van der Waals surface area contributed by atoms with Crippen LogP contribution in [0, 0.1) is 0 Å². The molecule has 1 saturated carbocycles. The number of carbonyl (C=O) groups excluding carboxylic acids is 1. The fraction of sp³-hybridized carbons (Fsp3) is 0.929. The standard InChI is InChI=1S/C14H26N2O2/c1-16(2)13(17)11-15-10-12-6-9-14(18-12)7-4-3-5-8-14/h12,15H,3-11H2,1-2H3. The van der Waals surface area contributed by atoms with Gasteiger partial charge in [-0.15, -0.1) is 0 Å². The Kier molecular flexibility index (Phi) is 4.62. The monoisotopic (exact) mass is 254 g/mol. The molecule has 1 N–H and O–H groups in total. The molecule has 4 nitrogen and oxygen atoms in total. The van der Waals surface area contributed by atoms with E-state index in [1.165, 1.54) is 38.5 Å². The van der Waals surface area contributed by atoms with Gasteiger partial charge in [-0.1, -0.05) is 19.3 Å². The van der Waals surface area contributed by atoms with E-state index < -0.39 is 0 Å². The van der Waals surface area contributed by atoms with E-state index in [2.05, 4.69) is 5.32 Å². The molecule has 1 saturated heterocycles. The van der Waals surface area contributed by atoms with Gasteiger partial charge in [-0.25, -0.2) is 0 Å². The molecule has 1 spiro atoms. The summed E-state index contributed by atoms with van der Waals surface area (Å²) in [6.45, 7) is 1.22. The lowest BCUT2D eigenvalue weighted by atomic mass is 9.83. The molecule has 2 aliphatic rings. The fourth-order valence-corrected chi connectivity index (χ4v) is 3.10. The van der Waals surface area contributed by atoms with Crippen molar-refractivity contribution in [1.29, 1.82) is 0 Å². The molecule has 4 heteroatoms. The molecule has 1 heterocycles. The van der Waals surface area contributed by atoms with Gasteiger partial charge in [0.05, 0.1) is 18.2 Å². The third-order valence-electron chi connectivity index (χ3n) is 4.25. The van der Waals surface area contributed by atoms with Crippen LogP contribution in [0.2, 0.25) is 0 Å². The Morgan fingerprint density at radius 3 is 2.67 bits per heavy atom. The van der Waals surface area contributed by atoms with Crippen LogP contribution in [0.1, 0.15) is 44.9 Å². The summed E-state index contributed by atoms with van der Waals surface area (Å²) in [5.74, 6) is 0.125. The van der Waals surface area contributed by atoms with Crippen molar-refractivity contribution in [2.75, 3.05) is 27.2 Å². The first-order chi connectivity index (χ1) is 8.61. The Labute approximate surface area is 110 Å². The summed E-state index contributed by atoms with van der Waals surface area (Å²) in [5.41, 5.74) is 0.191. The van der Waals surface area contributed by atoms with Gasteiger partial charge in [-0.3, -0.25) is 4.79 Å². The molecule has 0 aromatic carbocycles. The van der Waals surface area contributed by atoms with Gasteiger partial charge < -0.3 is 15.0 Å². The third kappa shape index (κ3) is 3.45. The van der Waals surface area contributed by atoms with E-state index in [1.807, 2.05) is 0 Å². The maximum absolute atomic E-state index is 11.4. The average Bonchev–Trinajstić information content (AvgIpc) is 2.73. The van der Waals surface area contributed by atoms with Crippen LogP contribution < -0.4 is 5.32 Å². The maximum Gasteiger partial charge on any atom is 0.236 e. The lowest BCUT2D eigenvalue weighted by Crippen LogP contribution is -2.38. The van der Waals surface area contributed by atoms with E-state index in [0.29, 0.717) is 12.6 Å². The van der Waals surface area contributed by atoms with Crippen molar-refractivity contribution in [2.24, 2.45) is 0 Å². The molecular weight excluding hydrogens is 228 g/mol. The second-order valence-electron chi connectivity index (χ2n) is 5.94. The zero-order valence-corrected chi connectivity index (χ0v) is 11.7. The molecule has 2 fully saturated rings. The second-order valence-corrected chi connectivity index (χ2v) is 5.94. The number of amides is 1. The van der Waals surface area contributed by atoms with Crippen molar-refractivity contribution in [2.45, 2.75) is 56.7 Å². The SMILES string of the molecule is CN(C)C(=O)CNCC1CCC2(CCCCC2)O1. The second kappa shape index (κ2) is 6.02. The van der Waals surface area contributed by atoms with Gasteiger partial charge in [0.1, 0.15) is 0 Å². The normalized spacial score (nSPS) is 26.4. The zero-order chi connectivity index (χ0) is 13.0. The lowest BCUT2D eigenvalue weighted by Gasteiger charge is -2.33. The molecule has 0 radical (unpaired) electrons. The number of hydrogen-bond donors (Lipinski definition) is 1. The van der Waals surface area contributed by atoms with E-state index in [0.717, 1.165) is 13.0 Å². The van der Waals surface area contributed by atoms with Gasteiger partial charge in [0, 0.05) is 20.6 Å². The Bertz CT molecular complexity index is 286. The zero-order valence-electron chi connectivity index (χ0n) is 11.7. The van der Waals surface area contributed by atoms with Crippen LogP contribution in [0.4, 0.5) is 0 Å². The summed E-state index contributed by atoms with van der Waals surface area (Å²) in [4.78, 5) is 13.1. The van der Waals surface area contributed by atoms with Crippen molar-refractivity contribution in [3.05, 3.63) is 0 Å². The van der Waals surface area contributed by atoms with E-state index in [4.69, 9.17) is 4.74 Å². The molecule has 1 amide bonds. The summed E-state index contributed by atoms with van der Waals surface area (Å²) < 4.78 is 6.24. The quantitative estimate of drug-likeness (QED) is 0.827. The Hall–Kier alpha value is -0.610. The minimum atomic E-state index is 0.125. The van der Waals surface area contributed by atoms with Crippen LogP contribution in [0.25, 0.3) is 0 Å². The summed E-state index contributed by atoms with van der Waals surface area (Å²) >= 11 is 0. The molecule has 104 valence electrons. The highest BCUT2D eigenvalue weighted by molar-refractivity contribution is 5.77. The molecule has 1 unspecified atom stereocenters. The van der Waals surface area contributed by atoms with Gasteiger partial charge in [-0.05, 0) is 25.7 Å². The molecule has 0 aromatic rings. The third-order valence-corrected chi connectivity index (χ3v) is 4.25. The van der Waals surface area contributed by atoms with Gasteiger partial charge in [0.15, 0.2) is 0 Å². The number of ether oxygens (including phenoxy) is 1. The summed E-state index contributed by atoms with van der Waals surface area (Å²) in [5, 5.41) is 3.21. The highest BCUT2D eigenvalue weighted by Gasteiger charge is 2.40. The van der Waals surface area contributed by atoms with E-state index in [1.54, 1.807) is 19.0 Å². The van der Waals surface area contributed by atoms with Crippen molar-refractivity contribution >= 4 is 5.91 Å². The minimum absolute atomic E-state index is 0.125. The van der Waals surface area contributed by atoms with Crippen LogP contribution in [-0.4, -0.2) is 49.7 Å². The number of nitrogens with one attached hydrogen (secondary N) is 1. The van der Waals surface area contributed by atoms with Crippen molar-refractivity contribution in [1.82, 2.24) is 10.2 Å². The number of rotatable bonds is 4. The van der Waals surface area contributed by atoms with Crippen LogP contribution in [0.15, 0.2) is 0 Å². The van der Waals surface area contributed by atoms with E-state index >= 15 is 0 Å². The first-order valence-corrected chi connectivity index (χ1v) is 7.20. The predicted octanol–water partition coefficient (Wildman–Crippen LogP) is 1.55. The van der Waals surface area contributed by atoms with Gasteiger partial charge in [-0.2, -0.15) is 0 Å². The summed E-state index contributed by atoms with van der Waals surface area (Å²) in [6, 6.07) is 0. The molecular formula is C14H26N2O2. The van der Waals surface area contributed by atoms with Gasteiger partial charge in [0.25, 0.3) is 0 Å². The highest BCUT2D eigenvalue weighted by Crippen LogP contribution is 2.41. The topological polar surface area (TPSA) is 41.6 Å². The average molecular weight is 254 g/mol. The predicted molar refractivity (Wildman–Crippen MR) is 71.5 cm³/mol. The fourth-order valence-electron chi connectivity index (χ4n) is 3.10. The first kappa shape index (κ1) is 13.8. The van der Waals surface area contributed by atoms with Crippen molar-refractivity contribution in [3.8, 4) is 0 Å². The molecule has 0 bridgehead atoms. The maximum atomic E-state index is 11.4. The molecule has 1 aliphatic heterocycles. The summed E-state index contributed by atoms with van der Waals surface area (Å²) in [6.07, 6.45) is 9.13. The lowest BCUT2D eigenvalue weighted by molar-refractivity contribution is -0.127. The summed E-state index contributed by atoms with van der Waals surface area (Å²) in [7, 11) is 3.57. The molecule has 2 rings (SSSR count). The Balaban J connectivity index is 1.68. The van der Waals surface area contributed by atoms with Crippen molar-refractivity contribution < 1.29 is 9.53 Å². The minimum Gasteiger partial charge on any atom is -0.370 e. The molecule has 0 aromatic heterocycles. The van der Waals surface area contributed by atoms with E-state index in [-0.39, 0.29) is 11.5 Å².